The predicted octanol–water partition coefficient (Wildman–Crippen LogP) is 4.36. The smallest absolute Gasteiger partial charge is 0.320 e. The van der Waals surface area contributed by atoms with Crippen LogP contribution in [0.1, 0.15) is 73.8 Å². The van der Waals surface area contributed by atoms with Gasteiger partial charge in [-0.1, -0.05) is 19.8 Å². The molecular weight excluding hydrogens is 444 g/mol. The van der Waals surface area contributed by atoms with Crippen molar-refractivity contribution in [1.29, 1.82) is 0 Å². The first-order valence-corrected chi connectivity index (χ1v) is 13.6. The normalized spacial score (nSPS) is 25.1. The van der Waals surface area contributed by atoms with Gasteiger partial charge >= 0.3 is 6.03 Å². The molecule has 2 saturated heterocycles. The molecule has 0 aromatic carbocycles. The van der Waals surface area contributed by atoms with Crippen molar-refractivity contribution in [3.8, 4) is 11.8 Å². The first-order valence-electron chi connectivity index (χ1n) is 12.7. The second kappa shape index (κ2) is 10.3. The van der Waals surface area contributed by atoms with Gasteiger partial charge in [-0.15, -0.1) is 17.3 Å². The molecule has 0 N–H and O–H groups in total. The SMILES string of the molecule is CC#Cc1ccc(C(=O)N(C)C2CCN(C(=O)N(C)C3CCN(C4CCC(C)(C)CC4)C3)C2)s1. The van der Waals surface area contributed by atoms with Crippen molar-refractivity contribution in [1.82, 2.24) is 19.6 Å². The minimum atomic E-state index is 0.0175. The van der Waals surface area contributed by atoms with Gasteiger partial charge in [0, 0.05) is 52.4 Å². The molecule has 1 aliphatic carbocycles. The molecule has 3 aliphatic rings. The summed E-state index contributed by atoms with van der Waals surface area (Å²) >= 11 is 1.43. The second-order valence-corrected chi connectivity index (χ2v) is 12.2. The maximum atomic E-state index is 13.3. The quantitative estimate of drug-likeness (QED) is 0.597. The van der Waals surface area contributed by atoms with Crippen LogP contribution in [-0.4, -0.2) is 89.9 Å². The maximum Gasteiger partial charge on any atom is 0.320 e. The van der Waals surface area contributed by atoms with Crippen LogP contribution in [0.15, 0.2) is 12.1 Å². The van der Waals surface area contributed by atoms with Crippen LogP contribution < -0.4 is 0 Å². The number of urea groups is 1. The third kappa shape index (κ3) is 5.44. The molecule has 0 spiro atoms. The number of hydrogen-bond acceptors (Lipinski definition) is 4. The molecule has 2 unspecified atom stereocenters. The lowest BCUT2D eigenvalue weighted by atomic mass is 9.75. The first-order chi connectivity index (χ1) is 16.2. The average Bonchev–Trinajstić information content (AvgIpc) is 3.58. The molecule has 4 rings (SSSR count). The zero-order chi connectivity index (χ0) is 24.5. The van der Waals surface area contributed by atoms with Crippen LogP contribution >= 0.6 is 11.3 Å². The van der Waals surface area contributed by atoms with E-state index in [1.54, 1.807) is 6.92 Å². The molecule has 3 amide bonds. The van der Waals surface area contributed by atoms with E-state index in [1.165, 1.54) is 37.0 Å². The van der Waals surface area contributed by atoms with Crippen molar-refractivity contribution >= 4 is 23.3 Å². The number of nitrogens with zero attached hydrogens (tertiary/aromatic N) is 4. The van der Waals surface area contributed by atoms with E-state index in [9.17, 15) is 9.59 Å². The van der Waals surface area contributed by atoms with Gasteiger partial charge in [0.1, 0.15) is 0 Å². The highest BCUT2D eigenvalue weighted by Gasteiger charge is 2.38. The van der Waals surface area contributed by atoms with Gasteiger partial charge in [-0.3, -0.25) is 9.69 Å². The molecule has 3 heterocycles. The Labute approximate surface area is 209 Å². The highest BCUT2D eigenvalue weighted by atomic mass is 32.1. The van der Waals surface area contributed by atoms with Crippen LogP contribution in [0.4, 0.5) is 4.79 Å². The summed E-state index contributed by atoms with van der Waals surface area (Å²) in [4.78, 5) is 36.2. The third-order valence-electron chi connectivity index (χ3n) is 8.24. The Morgan fingerprint density at radius 3 is 2.38 bits per heavy atom. The monoisotopic (exact) mass is 484 g/mol. The van der Waals surface area contributed by atoms with Gasteiger partial charge in [0.25, 0.3) is 5.91 Å². The van der Waals surface area contributed by atoms with E-state index in [0.717, 1.165) is 30.8 Å². The van der Waals surface area contributed by atoms with E-state index < -0.39 is 0 Å². The molecule has 1 aromatic rings. The Bertz CT molecular complexity index is 951. The minimum absolute atomic E-state index is 0.0175. The number of rotatable bonds is 4. The van der Waals surface area contributed by atoms with Crippen molar-refractivity contribution in [2.45, 2.75) is 77.4 Å². The van der Waals surface area contributed by atoms with Crippen LogP contribution in [0.25, 0.3) is 0 Å². The molecule has 7 heteroatoms. The van der Waals surface area contributed by atoms with Crippen LogP contribution in [0.5, 0.6) is 0 Å². The van der Waals surface area contributed by atoms with Crippen LogP contribution in [0.2, 0.25) is 0 Å². The van der Waals surface area contributed by atoms with Crippen molar-refractivity contribution in [2.24, 2.45) is 5.41 Å². The summed E-state index contributed by atoms with van der Waals surface area (Å²) in [5.74, 6) is 5.91. The fourth-order valence-electron chi connectivity index (χ4n) is 5.76. The van der Waals surface area contributed by atoms with Crippen molar-refractivity contribution in [3.05, 3.63) is 21.9 Å². The Morgan fingerprint density at radius 2 is 1.68 bits per heavy atom. The van der Waals surface area contributed by atoms with Gasteiger partial charge in [0.15, 0.2) is 0 Å². The van der Waals surface area contributed by atoms with Gasteiger partial charge in [0.2, 0.25) is 0 Å². The molecule has 0 radical (unpaired) electrons. The van der Waals surface area contributed by atoms with E-state index >= 15 is 0 Å². The van der Waals surface area contributed by atoms with Crippen LogP contribution in [-0.2, 0) is 0 Å². The summed E-state index contributed by atoms with van der Waals surface area (Å²) in [5.41, 5.74) is 0.485. The largest absolute Gasteiger partial charge is 0.336 e. The fourth-order valence-corrected chi connectivity index (χ4v) is 6.65. The third-order valence-corrected chi connectivity index (χ3v) is 9.22. The molecule has 6 nitrogen and oxygen atoms in total. The zero-order valence-corrected chi connectivity index (χ0v) is 22.3. The van der Waals surface area contributed by atoms with Crippen LogP contribution in [0, 0.1) is 17.3 Å². The van der Waals surface area contributed by atoms with E-state index in [0.29, 0.717) is 29.4 Å². The standard InChI is InChI=1S/C27H40N4O2S/c1-6-7-23-8-9-24(34-23)25(32)28(4)21-13-17-31(19-21)26(33)29(5)22-12-16-30(18-22)20-10-14-27(2,3)15-11-20/h8-9,20-22H,10-19H2,1-5H3. The Morgan fingerprint density at radius 1 is 1.00 bits per heavy atom. The van der Waals surface area contributed by atoms with Crippen molar-refractivity contribution in [3.63, 3.8) is 0 Å². The van der Waals surface area contributed by atoms with Gasteiger partial charge in [-0.25, -0.2) is 4.79 Å². The number of likely N-dealkylation sites (tertiary alicyclic amines) is 2. The van der Waals surface area contributed by atoms with Crippen LogP contribution in [0.3, 0.4) is 0 Å². The maximum absolute atomic E-state index is 13.3. The number of hydrogen-bond donors (Lipinski definition) is 0. The number of carbonyl (C=O) groups excluding carboxylic acids is 2. The summed E-state index contributed by atoms with van der Waals surface area (Å²) < 4.78 is 0. The van der Waals surface area contributed by atoms with Gasteiger partial charge in [0.05, 0.1) is 15.8 Å². The summed E-state index contributed by atoms with van der Waals surface area (Å²) in [7, 11) is 3.82. The molecular formula is C27H40N4O2S. The Hall–Kier alpha value is -2.04. The summed E-state index contributed by atoms with van der Waals surface area (Å²) in [5, 5.41) is 0. The molecule has 1 saturated carbocycles. The molecule has 3 fully saturated rings. The molecule has 34 heavy (non-hydrogen) atoms. The number of likely N-dealkylation sites (N-methyl/N-ethyl adjacent to an activating group) is 2. The van der Waals surface area contributed by atoms with Gasteiger partial charge in [-0.05, 0) is 63.0 Å². The van der Waals surface area contributed by atoms with Gasteiger partial charge in [-0.2, -0.15) is 0 Å². The molecule has 1 aromatic heterocycles. The molecule has 0 bridgehead atoms. The average molecular weight is 485 g/mol. The Kier molecular flexibility index (Phi) is 7.59. The molecule has 186 valence electrons. The second-order valence-electron chi connectivity index (χ2n) is 11.1. The van der Waals surface area contributed by atoms with Gasteiger partial charge < -0.3 is 14.7 Å². The van der Waals surface area contributed by atoms with E-state index in [2.05, 4.69) is 30.6 Å². The number of amides is 3. The molecule has 2 atom stereocenters. The minimum Gasteiger partial charge on any atom is -0.336 e. The predicted molar refractivity (Wildman–Crippen MR) is 138 cm³/mol. The lowest BCUT2D eigenvalue weighted by Crippen LogP contribution is -2.48. The highest BCUT2D eigenvalue weighted by Crippen LogP contribution is 2.38. The lowest BCUT2D eigenvalue weighted by molar-refractivity contribution is 0.0738. The fraction of sp³-hybridized carbons (Fsp3) is 0.704. The Balaban J connectivity index is 1.28. The zero-order valence-electron chi connectivity index (χ0n) is 21.5. The summed E-state index contributed by atoms with van der Waals surface area (Å²) in [6.07, 6.45) is 7.04. The highest BCUT2D eigenvalue weighted by molar-refractivity contribution is 7.14. The number of carbonyl (C=O) groups is 2. The van der Waals surface area contributed by atoms with Crippen molar-refractivity contribution < 1.29 is 9.59 Å². The summed E-state index contributed by atoms with van der Waals surface area (Å²) in [6, 6.07) is 4.88. The molecule has 2 aliphatic heterocycles. The first kappa shape index (κ1) is 25.1. The van der Waals surface area contributed by atoms with E-state index in [1.807, 2.05) is 40.9 Å². The van der Waals surface area contributed by atoms with E-state index in [-0.39, 0.29) is 24.0 Å². The number of thiophene rings is 1. The lowest BCUT2D eigenvalue weighted by Gasteiger charge is -2.39. The van der Waals surface area contributed by atoms with E-state index in [4.69, 9.17) is 0 Å². The van der Waals surface area contributed by atoms with Crippen molar-refractivity contribution in [2.75, 3.05) is 40.3 Å². The topological polar surface area (TPSA) is 47.1 Å². The summed E-state index contributed by atoms with van der Waals surface area (Å²) in [6.45, 7) is 9.96.